The number of amides is 1. The average molecular weight is 394 g/mol. The smallest absolute Gasteiger partial charge is 0.262 e. The molecule has 0 aromatic heterocycles. The van der Waals surface area contributed by atoms with Gasteiger partial charge >= 0.3 is 0 Å². The number of hydrogen-bond acceptors (Lipinski definition) is 3. The molecule has 0 unspecified atom stereocenters. The predicted octanol–water partition coefficient (Wildman–Crippen LogP) is 4.03. The minimum absolute atomic E-state index is 0.0862. The normalized spacial score (nSPS) is 11.1. The number of benzene rings is 3. The molecule has 6 heteroatoms. The Balaban J connectivity index is 1.82. The average Bonchev–Trinajstić information content (AvgIpc) is 2.69. The molecular formula is C22H22N2O3S. The zero-order valence-electron chi connectivity index (χ0n) is 15.8. The molecule has 3 aromatic rings. The van der Waals surface area contributed by atoms with Gasteiger partial charge in [-0.15, -0.1) is 0 Å². The summed E-state index contributed by atoms with van der Waals surface area (Å²) in [7, 11) is -3.82. The van der Waals surface area contributed by atoms with E-state index in [0.29, 0.717) is 23.4 Å². The quantitative estimate of drug-likeness (QED) is 0.663. The van der Waals surface area contributed by atoms with Crippen molar-refractivity contribution in [3.05, 3.63) is 95.1 Å². The largest absolute Gasteiger partial charge is 0.348 e. The molecule has 0 spiro atoms. The van der Waals surface area contributed by atoms with Crippen molar-refractivity contribution in [1.82, 2.24) is 5.32 Å². The predicted molar refractivity (Wildman–Crippen MR) is 111 cm³/mol. The summed E-state index contributed by atoms with van der Waals surface area (Å²) in [5.41, 5.74) is 3.17. The maximum Gasteiger partial charge on any atom is 0.262 e. The van der Waals surface area contributed by atoms with Crippen LogP contribution in [0, 0.1) is 13.8 Å². The molecule has 0 atom stereocenters. The second-order valence-electron chi connectivity index (χ2n) is 6.57. The highest BCUT2D eigenvalue weighted by Gasteiger charge is 2.20. The van der Waals surface area contributed by atoms with Gasteiger partial charge in [-0.2, -0.15) is 0 Å². The van der Waals surface area contributed by atoms with Gasteiger partial charge < -0.3 is 5.32 Å². The van der Waals surface area contributed by atoms with Crippen molar-refractivity contribution >= 4 is 21.6 Å². The van der Waals surface area contributed by atoms with Crippen molar-refractivity contribution in [2.45, 2.75) is 25.3 Å². The first-order valence-electron chi connectivity index (χ1n) is 8.88. The summed E-state index contributed by atoms with van der Waals surface area (Å²) in [6, 6.07) is 21.4. The summed E-state index contributed by atoms with van der Waals surface area (Å²) in [5.74, 6) is -0.323. The number of anilines is 1. The third kappa shape index (κ3) is 4.58. The van der Waals surface area contributed by atoms with Gasteiger partial charge in [0.15, 0.2) is 0 Å². The molecule has 0 fully saturated rings. The fourth-order valence-electron chi connectivity index (χ4n) is 2.80. The number of aryl methyl sites for hydroxylation is 2. The van der Waals surface area contributed by atoms with Gasteiger partial charge in [-0.1, -0.05) is 54.6 Å². The van der Waals surface area contributed by atoms with Gasteiger partial charge in [0.05, 0.1) is 10.6 Å². The lowest BCUT2D eigenvalue weighted by Gasteiger charge is -2.13. The van der Waals surface area contributed by atoms with Crippen molar-refractivity contribution in [3.63, 3.8) is 0 Å². The van der Waals surface area contributed by atoms with Crippen LogP contribution in [0.3, 0.4) is 0 Å². The molecule has 2 N–H and O–H groups in total. The first kappa shape index (κ1) is 19.6. The van der Waals surface area contributed by atoms with Gasteiger partial charge in [-0.3, -0.25) is 9.52 Å². The molecule has 144 valence electrons. The number of para-hydroxylation sites is 1. The lowest BCUT2D eigenvalue weighted by atomic mass is 10.1. The van der Waals surface area contributed by atoms with E-state index in [9.17, 15) is 13.2 Å². The van der Waals surface area contributed by atoms with Crippen LogP contribution in [-0.2, 0) is 16.6 Å². The summed E-state index contributed by atoms with van der Waals surface area (Å²) in [6.07, 6.45) is 0. The number of carbonyl (C=O) groups excluding carboxylic acids is 1. The van der Waals surface area contributed by atoms with Crippen LogP contribution in [0.4, 0.5) is 5.69 Å². The Labute approximate surface area is 165 Å². The van der Waals surface area contributed by atoms with Crippen LogP contribution in [-0.4, -0.2) is 14.3 Å². The molecule has 0 aliphatic rings. The summed E-state index contributed by atoms with van der Waals surface area (Å²) in [4.78, 5) is 12.6. The van der Waals surface area contributed by atoms with Crippen molar-refractivity contribution in [2.24, 2.45) is 0 Å². The van der Waals surface area contributed by atoms with Crippen LogP contribution in [0.2, 0.25) is 0 Å². The highest BCUT2D eigenvalue weighted by atomic mass is 32.2. The van der Waals surface area contributed by atoms with E-state index >= 15 is 0 Å². The van der Waals surface area contributed by atoms with Crippen LogP contribution in [0.5, 0.6) is 0 Å². The van der Waals surface area contributed by atoms with Crippen molar-refractivity contribution in [3.8, 4) is 0 Å². The van der Waals surface area contributed by atoms with Crippen LogP contribution in [0.25, 0.3) is 0 Å². The Bertz CT molecular complexity index is 1090. The first-order chi connectivity index (χ1) is 13.4. The number of nitrogens with one attached hydrogen (secondary N) is 2. The Kier molecular flexibility index (Phi) is 5.80. The summed E-state index contributed by atoms with van der Waals surface area (Å²) in [6.45, 7) is 3.91. The van der Waals surface area contributed by atoms with Gasteiger partial charge in [0.25, 0.3) is 15.9 Å². The Morgan fingerprint density at radius 2 is 1.54 bits per heavy atom. The lowest BCUT2D eigenvalue weighted by molar-refractivity contribution is 0.0950. The monoisotopic (exact) mass is 394 g/mol. The highest BCUT2D eigenvalue weighted by Crippen LogP contribution is 2.22. The molecule has 0 aliphatic carbocycles. The lowest BCUT2D eigenvalue weighted by Crippen LogP contribution is -2.23. The fourth-order valence-corrected chi connectivity index (χ4v) is 4.20. The van der Waals surface area contributed by atoms with E-state index in [1.165, 1.54) is 6.07 Å². The maximum absolute atomic E-state index is 12.9. The molecule has 0 aliphatic heterocycles. The molecule has 28 heavy (non-hydrogen) atoms. The molecule has 0 radical (unpaired) electrons. The van der Waals surface area contributed by atoms with E-state index in [1.807, 2.05) is 49.4 Å². The van der Waals surface area contributed by atoms with Crippen molar-refractivity contribution in [1.29, 1.82) is 0 Å². The SMILES string of the molecule is Cc1ccccc1NS(=O)(=O)c1cc(C(=O)NCc2ccccc2)ccc1C. The van der Waals surface area contributed by atoms with Gasteiger partial charge in [-0.25, -0.2) is 8.42 Å². The van der Waals surface area contributed by atoms with Gasteiger partial charge in [-0.05, 0) is 48.7 Å². The number of hydrogen-bond donors (Lipinski definition) is 2. The van der Waals surface area contributed by atoms with Crippen LogP contribution in [0.15, 0.2) is 77.7 Å². The second kappa shape index (κ2) is 8.27. The number of sulfonamides is 1. The topological polar surface area (TPSA) is 75.3 Å². The molecule has 0 bridgehead atoms. The highest BCUT2D eigenvalue weighted by molar-refractivity contribution is 7.92. The van der Waals surface area contributed by atoms with Crippen molar-refractivity contribution in [2.75, 3.05) is 4.72 Å². The van der Waals surface area contributed by atoms with Gasteiger partial charge in [0, 0.05) is 12.1 Å². The molecule has 1 amide bonds. The van der Waals surface area contributed by atoms with Gasteiger partial charge in [0.1, 0.15) is 0 Å². The summed E-state index contributed by atoms with van der Waals surface area (Å²) < 4.78 is 28.4. The van der Waals surface area contributed by atoms with E-state index in [4.69, 9.17) is 0 Å². The Morgan fingerprint density at radius 3 is 2.25 bits per heavy atom. The van der Waals surface area contributed by atoms with E-state index in [1.54, 1.807) is 31.2 Å². The summed E-state index contributed by atoms with van der Waals surface area (Å²) >= 11 is 0. The second-order valence-corrected chi connectivity index (χ2v) is 8.22. The zero-order valence-corrected chi connectivity index (χ0v) is 16.6. The van der Waals surface area contributed by atoms with E-state index in [-0.39, 0.29) is 10.8 Å². The maximum atomic E-state index is 12.9. The van der Waals surface area contributed by atoms with Gasteiger partial charge in [0.2, 0.25) is 0 Å². The first-order valence-corrected chi connectivity index (χ1v) is 10.4. The fraction of sp³-hybridized carbons (Fsp3) is 0.136. The molecule has 0 saturated heterocycles. The zero-order chi connectivity index (χ0) is 20.1. The third-order valence-corrected chi connectivity index (χ3v) is 5.93. The van der Waals surface area contributed by atoms with E-state index in [2.05, 4.69) is 10.0 Å². The van der Waals surface area contributed by atoms with E-state index in [0.717, 1.165) is 11.1 Å². The molecule has 0 heterocycles. The minimum atomic E-state index is -3.82. The third-order valence-electron chi connectivity index (χ3n) is 4.43. The molecule has 5 nitrogen and oxygen atoms in total. The van der Waals surface area contributed by atoms with Crippen LogP contribution in [0.1, 0.15) is 27.0 Å². The van der Waals surface area contributed by atoms with Crippen LogP contribution < -0.4 is 10.0 Å². The van der Waals surface area contributed by atoms with Crippen molar-refractivity contribution < 1.29 is 13.2 Å². The Hall–Kier alpha value is -3.12. The number of rotatable bonds is 6. The Morgan fingerprint density at radius 1 is 0.857 bits per heavy atom. The van der Waals surface area contributed by atoms with Crippen LogP contribution >= 0.6 is 0 Å². The molecule has 3 aromatic carbocycles. The molecule has 3 rings (SSSR count). The molecular weight excluding hydrogens is 372 g/mol. The standard InChI is InChI=1S/C22H22N2O3S/c1-16-8-6-7-11-20(16)24-28(26,27)21-14-19(13-12-17(21)2)22(25)23-15-18-9-4-3-5-10-18/h3-14,24H,15H2,1-2H3,(H,23,25). The minimum Gasteiger partial charge on any atom is -0.348 e. The molecule has 0 saturated carbocycles. The van der Waals surface area contributed by atoms with E-state index < -0.39 is 10.0 Å². The summed E-state index contributed by atoms with van der Waals surface area (Å²) in [5, 5.41) is 2.82. The number of carbonyl (C=O) groups is 1.